The van der Waals surface area contributed by atoms with Gasteiger partial charge in [-0.2, -0.15) is 0 Å². The molecule has 2 aromatic rings. The Hall–Kier alpha value is -2.68. The number of ketones is 1. The first-order valence-electron chi connectivity index (χ1n) is 8.72. The monoisotopic (exact) mass is 333 g/mol. The van der Waals surface area contributed by atoms with Crippen LogP contribution in [0.1, 0.15) is 58.0 Å². The van der Waals surface area contributed by atoms with E-state index in [0.29, 0.717) is 23.5 Å². The molecular weight excluding hydrogens is 310 g/mol. The van der Waals surface area contributed by atoms with Gasteiger partial charge in [-0.05, 0) is 60.9 Å². The minimum absolute atomic E-state index is 0.0887. The van der Waals surface area contributed by atoms with Gasteiger partial charge < -0.3 is 5.73 Å². The lowest BCUT2D eigenvalue weighted by molar-refractivity contribution is 0.0973. The van der Waals surface area contributed by atoms with Crippen molar-refractivity contribution in [3.8, 4) is 0 Å². The Morgan fingerprint density at radius 2 is 1.88 bits per heavy atom. The van der Waals surface area contributed by atoms with E-state index in [9.17, 15) is 9.59 Å². The van der Waals surface area contributed by atoms with E-state index in [1.165, 1.54) is 5.56 Å². The number of allylic oxidation sites excluding steroid dienone is 2. The van der Waals surface area contributed by atoms with Gasteiger partial charge in [-0.3, -0.25) is 9.59 Å². The second-order valence-corrected chi connectivity index (χ2v) is 6.77. The molecule has 3 heteroatoms. The molecule has 3 nitrogen and oxygen atoms in total. The van der Waals surface area contributed by atoms with Gasteiger partial charge in [0.25, 0.3) is 0 Å². The number of carbonyl (C=O) groups is 2. The van der Waals surface area contributed by atoms with Crippen LogP contribution in [0.5, 0.6) is 0 Å². The summed E-state index contributed by atoms with van der Waals surface area (Å²) in [6.07, 6.45) is 5.48. The second kappa shape index (κ2) is 7.47. The summed E-state index contributed by atoms with van der Waals surface area (Å²) < 4.78 is 0. The Labute approximate surface area is 148 Å². The molecule has 0 fully saturated rings. The Kier molecular flexibility index (Phi) is 5.13. The van der Waals surface area contributed by atoms with Gasteiger partial charge in [-0.15, -0.1) is 0 Å². The van der Waals surface area contributed by atoms with E-state index in [0.717, 1.165) is 30.4 Å². The van der Waals surface area contributed by atoms with Crippen LogP contribution in [0.2, 0.25) is 0 Å². The van der Waals surface area contributed by atoms with E-state index in [1.807, 2.05) is 19.1 Å². The van der Waals surface area contributed by atoms with Crippen molar-refractivity contribution in [2.75, 3.05) is 0 Å². The first kappa shape index (κ1) is 17.2. The predicted octanol–water partition coefficient (Wildman–Crippen LogP) is 4.41. The summed E-state index contributed by atoms with van der Waals surface area (Å²) in [5.74, 6) is 0.0242. The Morgan fingerprint density at radius 3 is 2.60 bits per heavy atom. The lowest BCUT2D eigenvalue weighted by atomic mass is 9.90. The molecule has 25 heavy (non-hydrogen) atoms. The highest BCUT2D eigenvalue weighted by molar-refractivity contribution is 6.03. The molecule has 0 spiro atoms. The highest BCUT2D eigenvalue weighted by atomic mass is 16.1. The van der Waals surface area contributed by atoms with Crippen molar-refractivity contribution in [1.82, 2.24) is 0 Å². The largest absolute Gasteiger partial charge is 0.366 e. The molecule has 0 saturated heterocycles. The zero-order valence-electron chi connectivity index (χ0n) is 14.5. The lowest BCUT2D eigenvalue weighted by Gasteiger charge is -2.14. The van der Waals surface area contributed by atoms with Crippen LogP contribution in [0.4, 0.5) is 0 Å². The molecule has 1 unspecified atom stereocenters. The molecule has 128 valence electrons. The van der Waals surface area contributed by atoms with Gasteiger partial charge in [0, 0.05) is 17.5 Å². The molecule has 0 saturated carbocycles. The number of fused-ring (bicyclic) bond motifs is 1. The molecule has 0 radical (unpaired) electrons. The van der Waals surface area contributed by atoms with Gasteiger partial charge in [0.2, 0.25) is 5.91 Å². The topological polar surface area (TPSA) is 60.2 Å². The van der Waals surface area contributed by atoms with Gasteiger partial charge in [0.1, 0.15) is 0 Å². The number of hydrogen-bond acceptors (Lipinski definition) is 2. The molecule has 2 N–H and O–H groups in total. The third-order valence-corrected chi connectivity index (χ3v) is 4.93. The van der Waals surface area contributed by atoms with E-state index in [1.54, 1.807) is 12.1 Å². The summed E-state index contributed by atoms with van der Waals surface area (Å²) in [5.41, 5.74) is 9.68. The highest BCUT2D eigenvalue weighted by Crippen LogP contribution is 2.28. The zero-order valence-corrected chi connectivity index (χ0v) is 14.5. The van der Waals surface area contributed by atoms with E-state index in [4.69, 9.17) is 5.73 Å². The number of primary amides is 1. The number of amides is 1. The summed E-state index contributed by atoms with van der Waals surface area (Å²) in [6.45, 7) is 2.03. The minimum Gasteiger partial charge on any atom is -0.366 e. The van der Waals surface area contributed by atoms with Gasteiger partial charge in [0.15, 0.2) is 5.78 Å². The third-order valence-electron chi connectivity index (χ3n) is 4.93. The molecular formula is C22H23NO2. The fraction of sp³-hybridized carbons (Fsp3) is 0.273. The van der Waals surface area contributed by atoms with Gasteiger partial charge in [0.05, 0.1) is 0 Å². The summed E-state index contributed by atoms with van der Waals surface area (Å²) in [4.78, 5) is 24.2. The summed E-state index contributed by atoms with van der Waals surface area (Å²) in [6, 6.07) is 15.6. The van der Waals surface area contributed by atoms with Crippen LogP contribution in [0, 0.1) is 5.92 Å². The molecule has 0 bridgehead atoms. The van der Waals surface area contributed by atoms with Gasteiger partial charge >= 0.3 is 0 Å². The SMILES string of the molecule is C/C1=C/CC(Cc2ccccc2)CCC(=O)c2cc(C(N)=O)ccc21. The Bertz CT molecular complexity index is 821. The number of hydrogen-bond donors (Lipinski definition) is 1. The molecule has 0 aliphatic heterocycles. The smallest absolute Gasteiger partial charge is 0.248 e. The number of Topliss-reactive ketones (excluding diaryl/α,β-unsaturated/α-hetero) is 1. The molecule has 3 rings (SSSR count). The van der Waals surface area contributed by atoms with Crippen LogP contribution in [-0.4, -0.2) is 11.7 Å². The Balaban J connectivity index is 1.88. The highest BCUT2D eigenvalue weighted by Gasteiger charge is 2.19. The Morgan fingerprint density at radius 1 is 1.12 bits per heavy atom. The number of rotatable bonds is 3. The fourth-order valence-electron chi connectivity index (χ4n) is 3.45. The fourth-order valence-corrected chi connectivity index (χ4v) is 3.45. The van der Waals surface area contributed by atoms with E-state index in [-0.39, 0.29) is 5.78 Å². The van der Waals surface area contributed by atoms with E-state index < -0.39 is 5.91 Å². The third kappa shape index (κ3) is 4.05. The van der Waals surface area contributed by atoms with Crippen LogP contribution in [0.15, 0.2) is 54.6 Å². The lowest BCUT2D eigenvalue weighted by Crippen LogP contribution is -2.13. The average molecular weight is 333 g/mol. The zero-order chi connectivity index (χ0) is 17.8. The maximum atomic E-state index is 12.8. The predicted molar refractivity (Wildman–Crippen MR) is 100 cm³/mol. The van der Waals surface area contributed by atoms with Crippen LogP contribution in [0.3, 0.4) is 0 Å². The summed E-state index contributed by atoms with van der Waals surface area (Å²) in [5, 5.41) is 0. The molecule has 1 aliphatic rings. The molecule has 1 amide bonds. The first-order chi connectivity index (χ1) is 12.0. The quantitative estimate of drug-likeness (QED) is 0.904. The van der Waals surface area contributed by atoms with Crippen LogP contribution >= 0.6 is 0 Å². The van der Waals surface area contributed by atoms with Crippen molar-refractivity contribution >= 4 is 17.3 Å². The molecule has 1 atom stereocenters. The van der Waals surface area contributed by atoms with Crippen molar-refractivity contribution in [3.63, 3.8) is 0 Å². The normalized spacial score (nSPS) is 19.8. The average Bonchev–Trinajstić information content (AvgIpc) is 2.68. The van der Waals surface area contributed by atoms with Crippen molar-refractivity contribution in [2.45, 2.75) is 32.6 Å². The van der Waals surface area contributed by atoms with Gasteiger partial charge in [-0.1, -0.05) is 42.5 Å². The van der Waals surface area contributed by atoms with Crippen LogP contribution in [-0.2, 0) is 6.42 Å². The van der Waals surface area contributed by atoms with Crippen molar-refractivity contribution in [1.29, 1.82) is 0 Å². The standard InChI is InChI=1S/C22H23NO2/c1-15-7-8-17(13-16-5-3-2-4-6-16)9-12-21(24)20-14-18(22(23)25)10-11-19(15)20/h2-7,10-11,14,17H,8-9,12-13H2,1H3,(H2,23,25)/b15-7-. The van der Waals surface area contributed by atoms with Crippen LogP contribution < -0.4 is 5.73 Å². The maximum absolute atomic E-state index is 12.8. The van der Waals surface area contributed by atoms with Crippen LogP contribution in [0.25, 0.3) is 5.57 Å². The minimum atomic E-state index is -0.501. The number of carbonyl (C=O) groups excluding carboxylic acids is 2. The molecule has 1 aliphatic carbocycles. The molecule has 0 aromatic heterocycles. The summed E-state index contributed by atoms with van der Waals surface area (Å²) in [7, 11) is 0. The van der Waals surface area contributed by atoms with Crippen molar-refractivity contribution < 1.29 is 9.59 Å². The molecule has 0 heterocycles. The van der Waals surface area contributed by atoms with Gasteiger partial charge in [-0.25, -0.2) is 0 Å². The maximum Gasteiger partial charge on any atom is 0.248 e. The van der Waals surface area contributed by atoms with E-state index in [2.05, 4.69) is 30.3 Å². The number of nitrogens with two attached hydrogens (primary N) is 1. The van der Waals surface area contributed by atoms with E-state index >= 15 is 0 Å². The van der Waals surface area contributed by atoms with Crippen molar-refractivity contribution in [2.24, 2.45) is 11.7 Å². The summed E-state index contributed by atoms with van der Waals surface area (Å²) >= 11 is 0. The number of benzene rings is 2. The van der Waals surface area contributed by atoms with Crippen molar-refractivity contribution in [3.05, 3.63) is 76.9 Å². The first-order valence-corrected chi connectivity index (χ1v) is 8.72. The molecule has 2 aromatic carbocycles. The second-order valence-electron chi connectivity index (χ2n) is 6.77.